The second-order valence-electron chi connectivity index (χ2n) is 4.80. The Balaban J connectivity index is 2.08. The van der Waals surface area contributed by atoms with Gasteiger partial charge in [0, 0.05) is 30.3 Å². The van der Waals surface area contributed by atoms with Crippen LogP contribution in [0.3, 0.4) is 0 Å². The minimum Gasteiger partial charge on any atom is -0.465 e. The highest BCUT2D eigenvalue weighted by molar-refractivity contribution is 7.11. The standard InChI is InChI=1S/C14H14FN5O2S/c1-3-9-6-10(15)7-12(20-14(21)19(2)17-18-20)11(9)8-22-13-16-4-5-23-13/h4-7H,3,8H2,1-2H3. The molecule has 7 nitrogen and oxygen atoms in total. The van der Waals surface area contributed by atoms with Gasteiger partial charge < -0.3 is 4.74 Å². The highest BCUT2D eigenvalue weighted by Gasteiger charge is 2.17. The van der Waals surface area contributed by atoms with E-state index in [0.29, 0.717) is 22.9 Å². The molecular formula is C14H14FN5O2S. The number of halogens is 1. The van der Waals surface area contributed by atoms with Gasteiger partial charge in [-0.15, -0.1) is 0 Å². The van der Waals surface area contributed by atoms with Crippen LogP contribution >= 0.6 is 11.3 Å². The molecule has 3 aromatic rings. The fourth-order valence-corrected chi connectivity index (χ4v) is 2.72. The molecule has 120 valence electrons. The molecule has 0 saturated carbocycles. The molecule has 0 amide bonds. The Labute approximate surface area is 134 Å². The molecule has 23 heavy (non-hydrogen) atoms. The number of nitrogens with zero attached hydrogens (tertiary/aromatic N) is 5. The molecule has 2 aromatic heterocycles. The molecule has 0 N–H and O–H groups in total. The lowest BCUT2D eigenvalue weighted by Crippen LogP contribution is -2.23. The molecule has 0 bridgehead atoms. The van der Waals surface area contributed by atoms with Crippen LogP contribution in [0.5, 0.6) is 5.19 Å². The first-order chi connectivity index (χ1) is 11.1. The summed E-state index contributed by atoms with van der Waals surface area (Å²) >= 11 is 1.36. The average molecular weight is 335 g/mol. The average Bonchev–Trinajstić information content (AvgIpc) is 3.16. The summed E-state index contributed by atoms with van der Waals surface area (Å²) in [5.41, 5.74) is 1.31. The topological polar surface area (TPSA) is 74.8 Å². The Morgan fingerprint density at radius 3 is 2.78 bits per heavy atom. The zero-order valence-electron chi connectivity index (χ0n) is 12.6. The monoisotopic (exact) mass is 335 g/mol. The number of ether oxygens (including phenoxy) is 1. The van der Waals surface area contributed by atoms with Crippen molar-refractivity contribution in [3.05, 3.63) is 51.1 Å². The third-order valence-electron chi connectivity index (χ3n) is 3.36. The summed E-state index contributed by atoms with van der Waals surface area (Å²) in [5.74, 6) is -0.438. The van der Waals surface area contributed by atoms with E-state index < -0.39 is 11.5 Å². The van der Waals surface area contributed by atoms with Gasteiger partial charge in [-0.3, -0.25) is 0 Å². The van der Waals surface area contributed by atoms with Gasteiger partial charge in [0.25, 0.3) is 5.19 Å². The van der Waals surface area contributed by atoms with Crippen LogP contribution in [-0.2, 0) is 20.1 Å². The third-order valence-corrected chi connectivity index (χ3v) is 4.05. The van der Waals surface area contributed by atoms with E-state index in [2.05, 4.69) is 15.4 Å². The van der Waals surface area contributed by atoms with Gasteiger partial charge in [0.05, 0.1) is 5.69 Å². The summed E-state index contributed by atoms with van der Waals surface area (Å²) in [4.78, 5) is 16.1. The second-order valence-corrected chi connectivity index (χ2v) is 5.66. The smallest absolute Gasteiger partial charge is 0.368 e. The van der Waals surface area contributed by atoms with Crippen LogP contribution < -0.4 is 10.4 Å². The van der Waals surface area contributed by atoms with Gasteiger partial charge in [0.15, 0.2) is 0 Å². The van der Waals surface area contributed by atoms with Gasteiger partial charge >= 0.3 is 5.69 Å². The van der Waals surface area contributed by atoms with Crippen molar-refractivity contribution in [1.29, 1.82) is 0 Å². The van der Waals surface area contributed by atoms with Crippen LogP contribution in [-0.4, -0.2) is 24.8 Å². The minimum atomic E-state index is -0.451. The summed E-state index contributed by atoms with van der Waals surface area (Å²) in [6.07, 6.45) is 2.23. The van der Waals surface area contributed by atoms with E-state index in [4.69, 9.17) is 4.74 Å². The van der Waals surface area contributed by atoms with E-state index in [9.17, 15) is 9.18 Å². The molecule has 0 aliphatic heterocycles. The molecule has 0 radical (unpaired) electrons. The molecule has 2 heterocycles. The lowest BCUT2D eigenvalue weighted by Gasteiger charge is -2.13. The zero-order chi connectivity index (χ0) is 16.4. The van der Waals surface area contributed by atoms with Crippen LogP contribution in [0.4, 0.5) is 4.39 Å². The number of hydrogen-bond donors (Lipinski definition) is 0. The maximum absolute atomic E-state index is 13.9. The first kappa shape index (κ1) is 15.3. The number of aryl methyl sites for hydroxylation is 2. The quantitative estimate of drug-likeness (QED) is 0.709. The summed E-state index contributed by atoms with van der Waals surface area (Å²) in [5, 5.41) is 9.77. The number of thiazole rings is 1. The molecule has 1 aromatic carbocycles. The lowest BCUT2D eigenvalue weighted by molar-refractivity contribution is 0.302. The van der Waals surface area contributed by atoms with E-state index in [1.165, 1.54) is 30.5 Å². The van der Waals surface area contributed by atoms with Gasteiger partial charge in [-0.05, 0) is 28.5 Å². The van der Waals surface area contributed by atoms with Crippen LogP contribution in [0.2, 0.25) is 0 Å². The van der Waals surface area contributed by atoms with E-state index in [1.807, 2.05) is 6.92 Å². The first-order valence-corrected chi connectivity index (χ1v) is 7.81. The molecule has 0 fully saturated rings. The molecule has 0 spiro atoms. The lowest BCUT2D eigenvalue weighted by atomic mass is 10.0. The predicted octanol–water partition coefficient (Wildman–Crippen LogP) is 1.70. The normalized spacial score (nSPS) is 10.9. The molecule has 0 atom stereocenters. The summed E-state index contributed by atoms with van der Waals surface area (Å²) in [6.45, 7) is 2.07. The van der Waals surface area contributed by atoms with E-state index in [-0.39, 0.29) is 6.61 Å². The number of tetrazole rings is 1. The zero-order valence-corrected chi connectivity index (χ0v) is 13.4. The van der Waals surface area contributed by atoms with Gasteiger partial charge in [0.2, 0.25) is 0 Å². The van der Waals surface area contributed by atoms with Gasteiger partial charge in [-0.1, -0.05) is 18.3 Å². The Morgan fingerprint density at radius 2 is 2.17 bits per heavy atom. The Bertz CT molecular complexity index is 872. The van der Waals surface area contributed by atoms with Crippen molar-refractivity contribution in [2.24, 2.45) is 7.05 Å². The number of aromatic nitrogens is 5. The maximum Gasteiger partial charge on any atom is 0.368 e. The molecule has 9 heteroatoms. The van der Waals surface area contributed by atoms with Crippen molar-refractivity contribution in [3.8, 4) is 10.9 Å². The predicted molar refractivity (Wildman–Crippen MR) is 82.4 cm³/mol. The number of benzene rings is 1. The van der Waals surface area contributed by atoms with Crippen molar-refractivity contribution in [3.63, 3.8) is 0 Å². The van der Waals surface area contributed by atoms with Crippen LogP contribution in [0.15, 0.2) is 28.5 Å². The van der Waals surface area contributed by atoms with Gasteiger partial charge in [-0.25, -0.2) is 14.2 Å². The van der Waals surface area contributed by atoms with Gasteiger partial charge in [0.1, 0.15) is 12.4 Å². The Hall–Kier alpha value is -2.55. The van der Waals surface area contributed by atoms with Crippen molar-refractivity contribution in [1.82, 2.24) is 24.8 Å². The first-order valence-electron chi connectivity index (χ1n) is 6.93. The highest BCUT2D eigenvalue weighted by atomic mass is 32.1. The van der Waals surface area contributed by atoms with Crippen molar-refractivity contribution < 1.29 is 9.13 Å². The van der Waals surface area contributed by atoms with Crippen molar-refractivity contribution >= 4 is 11.3 Å². The molecule has 3 rings (SSSR count). The largest absolute Gasteiger partial charge is 0.465 e. The molecule has 0 aliphatic carbocycles. The number of rotatable bonds is 5. The van der Waals surface area contributed by atoms with Crippen LogP contribution in [0.25, 0.3) is 5.69 Å². The molecule has 0 saturated heterocycles. The van der Waals surface area contributed by atoms with E-state index in [1.54, 1.807) is 11.6 Å². The Kier molecular flexibility index (Phi) is 4.20. The van der Waals surface area contributed by atoms with E-state index >= 15 is 0 Å². The number of hydrogen-bond acceptors (Lipinski definition) is 6. The molecule has 0 unspecified atom stereocenters. The third kappa shape index (κ3) is 3.00. The summed E-state index contributed by atoms with van der Waals surface area (Å²) < 4.78 is 21.7. The molecule has 0 aliphatic rings. The second kappa shape index (κ2) is 6.29. The fraction of sp³-hybridized carbons (Fsp3) is 0.286. The van der Waals surface area contributed by atoms with Crippen molar-refractivity contribution in [2.75, 3.05) is 0 Å². The van der Waals surface area contributed by atoms with Crippen LogP contribution in [0.1, 0.15) is 18.1 Å². The van der Waals surface area contributed by atoms with E-state index in [0.717, 1.165) is 14.9 Å². The summed E-state index contributed by atoms with van der Waals surface area (Å²) in [6, 6.07) is 2.70. The SMILES string of the molecule is CCc1cc(F)cc(-n2nnn(C)c2=O)c1COc1nccs1. The van der Waals surface area contributed by atoms with Gasteiger partial charge in [-0.2, -0.15) is 9.36 Å². The Morgan fingerprint density at radius 1 is 1.35 bits per heavy atom. The highest BCUT2D eigenvalue weighted by Crippen LogP contribution is 2.23. The minimum absolute atomic E-state index is 0.162. The van der Waals surface area contributed by atoms with Crippen molar-refractivity contribution in [2.45, 2.75) is 20.0 Å². The fourth-order valence-electron chi connectivity index (χ4n) is 2.23. The molecular weight excluding hydrogens is 321 g/mol. The summed E-state index contributed by atoms with van der Waals surface area (Å²) in [7, 11) is 1.48. The maximum atomic E-state index is 13.9. The van der Waals surface area contributed by atoms with Crippen LogP contribution in [0, 0.1) is 5.82 Å².